The number of aliphatic hydroxyl groups excluding tert-OH is 1. The third-order valence-electron chi connectivity index (χ3n) is 5.24. The van der Waals surface area contributed by atoms with E-state index in [0.717, 1.165) is 28.3 Å². The molecular formula is C27H28N2O2S. The Kier molecular flexibility index (Phi) is 7.32. The van der Waals surface area contributed by atoms with E-state index in [0.29, 0.717) is 6.54 Å². The van der Waals surface area contributed by atoms with E-state index in [9.17, 15) is 5.11 Å². The van der Waals surface area contributed by atoms with E-state index in [1.165, 1.54) is 15.8 Å². The van der Waals surface area contributed by atoms with Crippen LogP contribution in [-0.2, 0) is 6.54 Å². The molecule has 0 amide bonds. The predicted molar refractivity (Wildman–Crippen MR) is 133 cm³/mol. The van der Waals surface area contributed by atoms with E-state index in [4.69, 9.17) is 10.5 Å². The van der Waals surface area contributed by atoms with Gasteiger partial charge in [-0.25, -0.2) is 0 Å². The number of nitrogen functional groups attached to an aromatic ring is 1. The SMILES string of the molecule is CN(Cc1ccccc1Sc1ccccc1N)CC(O)COc1ccc2ccccc2c1. The zero-order valence-electron chi connectivity index (χ0n) is 18.1. The Morgan fingerprint density at radius 1 is 0.875 bits per heavy atom. The van der Waals surface area contributed by atoms with Gasteiger partial charge in [0, 0.05) is 28.6 Å². The molecule has 0 fully saturated rings. The first kappa shape index (κ1) is 22.2. The van der Waals surface area contributed by atoms with Crippen LogP contribution < -0.4 is 10.5 Å². The molecule has 0 spiro atoms. The summed E-state index contributed by atoms with van der Waals surface area (Å²) in [5, 5.41) is 12.8. The highest BCUT2D eigenvalue weighted by atomic mass is 32.2. The summed E-state index contributed by atoms with van der Waals surface area (Å²) in [4.78, 5) is 4.33. The predicted octanol–water partition coefficient (Wildman–Crippen LogP) is 5.44. The second kappa shape index (κ2) is 10.6. The van der Waals surface area contributed by atoms with Crippen LogP contribution in [0.25, 0.3) is 10.8 Å². The molecule has 0 radical (unpaired) electrons. The fourth-order valence-electron chi connectivity index (χ4n) is 3.64. The highest BCUT2D eigenvalue weighted by Crippen LogP contribution is 2.34. The smallest absolute Gasteiger partial charge is 0.120 e. The number of nitrogens with two attached hydrogens (primary N) is 1. The van der Waals surface area contributed by atoms with Crippen molar-refractivity contribution >= 4 is 28.2 Å². The summed E-state index contributed by atoms with van der Waals surface area (Å²) >= 11 is 1.67. The number of anilines is 1. The highest BCUT2D eigenvalue weighted by molar-refractivity contribution is 7.99. The molecule has 0 aliphatic heterocycles. The third-order valence-corrected chi connectivity index (χ3v) is 6.45. The van der Waals surface area contributed by atoms with E-state index in [1.807, 2.05) is 73.8 Å². The Morgan fingerprint density at radius 3 is 2.38 bits per heavy atom. The summed E-state index contributed by atoms with van der Waals surface area (Å²) in [6, 6.07) is 30.4. The first-order chi connectivity index (χ1) is 15.6. The average molecular weight is 445 g/mol. The second-order valence-electron chi connectivity index (χ2n) is 7.92. The Morgan fingerprint density at radius 2 is 1.56 bits per heavy atom. The number of ether oxygens (including phenoxy) is 1. The molecule has 0 saturated heterocycles. The number of rotatable bonds is 9. The molecule has 5 heteroatoms. The van der Waals surface area contributed by atoms with Crippen molar-refractivity contribution in [1.29, 1.82) is 0 Å². The summed E-state index contributed by atoms with van der Waals surface area (Å²) in [6.07, 6.45) is -0.587. The molecule has 4 aromatic rings. The second-order valence-corrected chi connectivity index (χ2v) is 9.00. The van der Waals surface area contributed by atoms with Crippen LogP contribution in [0, 0.1) is 0 Å². The number of nitrogens with zero attached hydrogens (tertiary/aromatic N) is 1. The molecule has 164 valence electrons. The number of likely N-dealkylation sites (N-methyl/N-ethyl adjacent to an activating group) is 1. The van der Waals surface area contributed by atoms with Gasteiger partial charge in [-0.1, -0.05) is 72.4 Å². The van der Waals surface area contributed by atoms with Gasteiger partial charge >= 0.3 is 0 Å². The Balaban J connectivity index is 1.33. The molecule has 4 aromatic carbocycles. The third kappa shape index (κ3) is 5.82. The molecule has 0 bridgehead atoms. The largest absolute Gasteiger partial charge is 0.491 e. The van der Waals surface area contributed by atoms with Gasteiger partial charge in [-0.3, -0.25) is 4.90 Å². The van der Waals surface area contributed by atoms with Gasteiger partial charge < -0.3 is 15.6 Å². The van der Waals surface area contributed by atoms with Crippen LogP contribution in [0.1, 0.15) is 5.56 Å². The molecule has 1 atom stereocenters. The number of hydrogen-bond acceptors (Lipinski definition) is 5. The quantitative estimate of drug-likeness (QED) is 0.337. The average Bonchev–Trinajstić information content (AvgIpc) is 2.80. The molecular weight excluding hydrogens is 416 g/mol. The molecule has 1 unspecified atom stereocenters. The first-order valence-corrected chi connectivity index (χ1v) is 11.5. The molecule has 0 aliphatic carbocycles. The fraction of sp³-hybridized carbons (Fsp3) is 0.185. The maximum Gasteiger partial charge on any atom is 0.120 e. The minimum absolute atomic E-state index is 0.250. The Bertz CT molecular complexity index is 1180. The van der Waals surface area contributed by atoms with Gasteiger partial charge in [-0.05, 0) is 53.7 Å². The highest BCUT2D eigenvalue weighted by Gasteiger charge is 2.13. The monoisotopic (exact) mass is 444 g/mol. The molecule has 3 N–H and O–H groups in total. The van der Waals surface area contributed by atoms with Crippen LogP contribution in [0.2, 0.25) is 0 Å². The van der Waals surface area contributed by atoms with E-state index < -0.39 is 6.10 Å². The van der Waals surface area contributed by atoms with Gasteiger partial charge in [-0.2, -0.15) is 0 Å². The molecule has 4 nitrogen and oxygen atoms in total. The molecule has 0 aliphatic rings. The van der Waals surface area contributed by atoms with Crippen molar-refractivity contribution in [2.24, 2.45) is 0 Å². The van der Waals surface area contributed by atoms with Gasteiger partial charge in [0.15, 0.2) is 0 Å². The lowest BCUT2D eigenvalue weighted by Crippen LogP contribution is -2.32. The first-order valence-electron chi connectivity index (χ1n) is 10.7. The summed E-state index contributed by atoms with van der Waals surface area (Å²) in [7, 11) is 2.01. The van der Waals surface area contributed by atoms with E-state index in [1.54, 1.807) is 11.8 Å². The van der Waals surface area contributed by atoms with Gasteiger partial charge in [0.1, 0.15) is 18.5 Å². The standard InChI is InChI=1S/C27H28N2O2S/c1-29(17-22-10-4-6-12-26(22)32-27-13-7-5-11-25(27)28)18-23(30)19-31-24-15-14-20-8-2-3-9-21(20)16-24/h2-16,23,30H,17-19,28H2,1H3. The zero-order valence-corrected chi connectivity index (χ0v) is 19.0. The van der Waals surface area contributed by atoms with Crippen LogP contribution in [0.5, 0.6) is 5.75 Å². The number of benzene rings is 4. The minimum Gasteiger partial charge on any atom is -0.491 e. The van der Waals surface area contributed by atoms with Crippen LogP contribution in [0.3, 0.4) is 0 Å². The maximum atomic E-state index is 10.5. The van der Waals surface area contributed by atoms with Crippen molar-refractivity contribution in [3.8, 4) is 5.75 Å². The van der Waals surface area contributed by atoms with Crippen molar-refractivity contribution in [3.05, 3.63) is 96.6 Å². The summed E-state index contributed by atoms with van der Waals surface area (Å²) in [5.74, 6) is 0.771. The normalized spacial score (nSPS) is 12.2. The molecule has 4 rings (SSSR count). The summed E-state index contributed by atoms with van der Waals surface area (Å²) < 4.78 is 5.85. The molecule has 0 heterocycles. The lowest BCUT2D eigenvalue weighted by molar-refractivity contribution is 0.0742. The lowest BCUT2D eigenvalue weighted by Gasteiger charge is -2.22. The number of aliphatic hydroxyl groups is 1. The topological polar surface area (TPSA) is 58.7 Å². The Hall–Kier alpha value is -2.99. The number of fused-ring (bicyclic) bond motifs is 1. The van der Waals surface area contributed by atoms with E-state index in [2.05, 4.69) is 29.2 Å². The van der Waals surface area contributed by atoms with Gasteiger partial charge in [0.05, 0.1) is 0 Å². The maximum absolute atomic E-state index is 10.5. The molecule has 0 aromatic heterocycles. The van der Waals surface area contributed by atoms with Crippen LogP contribution >= 0.6 is 11.8 Å². The van der Waals surface area contributed by atoms with E-state index >= 15 is 0 Å². The van der Waals surface area contributed by atoms with Crippen molar-refractivity contribution < 1.29 is 9.84 Å². The minimum atomic E-state index is -0.587. The van der Waals surface area contributed by atoms with Gasteiger partial charge in [-0.15, -0.1) is 0 Å². The van der Waals surface area contributed by atoms with Crippen LogP contribution in [-0.4, -0.2) is 36.3 Å². The molecule has 32 heavy (non-hydrogen) atoms. The van der Waals surface area contributed by atoms with Crippen molar-refractivity contribution in [3.63, 3.8) is 0 Å². The summed E-state index contributed by atoms with van der Waals surface area (Å²) in [6.45, 7) is 1.49. The molecule has 0 saturated carbocycles. The summed E-state index contributed by atoms with van der Waals surface area (Å²) in [5.41, 5.74) is 8.10. The lowest BCUT2D eigenvalue weighted by atomic mass is 10.1. The van der Waals surface area contributed by atoms with Crippen molar-refractivity contribution in [1.82, 2.24) is 4.90 Å². The van der Waals surface area contributed by atoms with Gasteiger partial charge in [0.25, 0.3) is 0 Å². The van der Waals surface area contributed by atoms with Crippen molar-refractivity contribution in [2.75, 3.05) is 25.9 Å². The van der Waals surface area contributed by atoms with Gasteiger partial charge in [0.2, 0.25) is 0 Å². The number of para-hydroxylation sites is 1. The van der Waals surface area contributed by atoms with Crippen molar-refractivity contribution in [2.45, 2.75) is 22.4 Å². The number of hydrogen-bond donors (Lipinski definition) is 2. The zero-order chi connectivity index (χ0) is 22.3. The Labute approximate surface area is 193 Å². The van der Waals surface area contributed by atoms with E-state index in [-0.39, 0.29) is 6.61 Å². The fourth-order valence-corrected chi connectivity index (χ4v) is 4.62. The van der Waals surface area contributed by atoms with Crippen LogP contribution in [0.4, 0.5) is 5.69 Å². The van der Waals surface area contributed by atoms with Crippen LogP contribution in [0.15, 0.2) is 101 Å².